The molecular weight excluding hydrogens is 383 g/mol. The van der Waals surface area contributed by atoms with Gasteiger partial charge in [-0.25, -0.2) is 9.37 Å². The van der Waals surface area contributed by atoms with Crippen molar-refractivity contribution in [1.82, 2.24) is 9.55 Å². The van der Waals surface area contributed by atoms with Crippen molar-refractivity contribution in [3.05, 3.63) is 101 Å². The summed E-state index contributed by atoms with van der Waals surface area (Å²) in [7, 11) is 0. The van der Waals surface area contributed by atoms with Gasteiger partial charge in [-0.15, -0.1) is 0 Å². The van der Waals surface area contributed by atoms with Crippen LogP contribution in [0.25, 0.3) is 11.8 Å². The highest BCUT2D eigenvalue weighted by molar-refractivity contribution is 9.10. The molecule has 0 saturated heterocycles. The highest BCUT2D eigenvalue weighted by atomic mass is 79.9. The number of halogens is 2. The standard InChI is InChI=1S/C20H14BrFN2O/c21-17-8-4-15(5-9-17)2-1-3-19(24-13-12-23-14-24)20(25)16-6-10-18(22)11-7-16/h1-14H/b2-1+,19-3-. The van der Waals surface area contributed by atoms with Crippen molar-refractivity contribution in [2.45, 2.75) is 0 Å². The topological polar surface area (TPSA) is 34.9 Å². The van der Waals surface area contributed by atoms with E-state index in [1.165, 1.54) is 24.3 Å². The highest BCUT2D eigenvalue weighted by Gasteiger charge is 2.13. The second-order valence-electron chi connectivity index (χ2n) is 5.27. The van der Waals surface area contributed by atoms with Crippen LogP contribution in [0.15, 0.2) is 83.9 Å². The smallest absolute Gasteiger partial charge is 0.209 e. The highest BCUT2D eigenvalue weighted by Crippen LogP contribution is 2.16. The van der Waals surface area contributed by atoms with Gasteiger partial charge in [0, 0.05) is 22.4 Å². The molecule has 0 radical (unpaired) electrons. The maximum Gasteiger partial charge on any atom is 0.209 e. The minimum atomic E-state index is -0.375. The number of benzene rings is 2. The Balaban J connectivity index is 1.91. The van der Waals surface area contributed by atoms with E-state index < -0.39 is 0 Å². The molecule has 1 heterocycles. The van der Waals surface area contributed by atoms with Crippen LogP contribution < -0.4 is 0 Å². The van der Waals surface area contributed by atoms with Gasteiger partial charge in [0.05, 0.1) is 12.0 Å². The zero-order chi connectivity index (χ0) is 17.6. The van der Waals surface area contributed by atoms with Crippen LogP contribution in [0.5, 0.6) is 0 Å². The summed E-state index contributed by atoms with van der Waals surface area (Å²) in [5.74, 6) is -0.585. The van der Waals surface area contributed by atoms with Gasteiger partial charge in [-0.1, -0.05) is 40.2 Å². The Kier molecular flexibility index (Phi) is 5.36. The number of nitrogens with zero attached hydrogens (tertiary/aromatic N) is 2. The lowest BCUT2D eigenvalue weighted by Crippen LogP contribution is -2.08. The molecule has 0 saturated carbocycles. The van der Waals surface area contributed by atoms with E-state index in [-0.39, 0.29) is 11.6 Å². The SMILES string of the molecule is O=C(/C(=C/C=C/c1ccc(Br)cc1)n1ccnc1)c1ccc(F)cc1. The Morgan fingerprint density at radius 1 is 1.08 bits per heavy atom. The molecule has 3 nitrogen and oxygen atoms in total. The van der Waals surface area contributed by atoms with Gasteiger partial charge in [-0.05, 0) is 48.0 Å². The number of rotatable bonds is 5. The van der Waals surface area contributed by atoms with Gasteiger partial charge in [-0.3, -0.25) is 4.79 Å². The van der Waals surface area contributed by atoms with E-state index in [0.717, 1.165) is 10.0 Å². The average molecular weight is 397 g/mol. The number of allylic oxidation sites excluding steroid dienone is 3. The second kappa shape index (κ2) is 7.85. The molecule has 0 fully saturated rings. The molecule has 3 aromatic rings. The Labute approximate surface area is 153 Å². The summed E-state index contributed by atoms with van der Waals surface area (Å²) in [4.78, 5) is 16.8. The van der Waals surface area contributed by atoms with E-state index >= 15 is 0 Å². The molecule has 0 spiro atoms. The number of imidazole rings is 1. The molecule has 2 aromatic carbocycles. The first-order valence-corrected chi connectivity index (χ1v) is 8.35. The fourth-order valence-corrected chi connectivity index (χ4v) is 2.52. The van der Waals surface area contributed by atoms with Crippen LogP contribution >= 0.6 is 15.9 Å². The van der Waals surface area contributed by atoms with Gasteiger partial charge in [-0.2, -0.15) is 0 Å². The molecule has 25 heavy (non-hydrogen) atoms. The fourth-order valence-electron chi connectivity index (χ4n) is 2.25. The number of carbonyl (C=O) groups excluding carboxylic acids is 1. The van der Waals surface area contributed by atoms with Crippen molar-refractivity contribution >= 4 is 33.5 Å². The molecule has 0 aliphatic rings. The number of aromatic nitrogens is 2. The zero-order valence-electron chi connectivity index (χ0n) is 13.1. The predicted octanol–water partition coefficient (Wildman–Crippen LogP) is 5.22. The van der Waals surface area contributed by atoms with Crippen molar-refractivity contribution in [1.29, 1.82) is 0 Å². The summed E-state index contributed by atoms with van der Waals surface area (Å²) in [6, 6.07) is 13.3. The molecule has 0 unspecified atom stereocenters. The quantitative estimate of drug-likeness (QED) is 0.336. The van der Waals surface area contributed by atoms with Crippen molar-refractivity contribution in [3.8, 4) is 0 Å². The van der Waals surface area contributed by atoms with E-state index in [2.05, 4.69) is 20.9 Å². The van der Waals surface area contributed by atoms with Crippen LogP contribution in [0.4, 0.5) is 4.39 Å². The number of hydrogen-bond donors (Lipinski definition) is 0. The van der Waals surface area contributed by atoms with Gasteiger partial charge in [0.2, 0.25) is 5.78 Å². The monoisotopic (exact) mass is 396 g/mol. The van der Waals surface area contributed by atoms with Gasteiger partial charge in [0.15, 0.2) is 0 Å². The zero-order valence-corrected chi connectivity index (χ0v) is 14.7. The predicted molar refractivity (Wildman–Crippen MR) is 100 cm³/mol. The Bertz CT molecular complexity index is 911. The first-order valence-electron chi connectivity index (χ1n) is 7.56. The molecule has 0 aliphatic carbocycles. The Hall–Kier alpha value is -2.79. The summed E-state index contributed by atoms with van der Waals surface area (Å²) in [5, 5.41) is 0. The van der Waals surface area contributed by atoms with Gasteiger partial charge < -0.3 is 4.57 Å². The van der Waals surface area contributed by atoms with E-state index in [1.54, 1.807) is 35.4 Å². The van der Waals surface area contributed by atoms with Gasteiger partial charge in [0.25, 0.3) is 0 Å². The fraction of sp³-hybridized carbons (Fsp3) is 0. The van der Waals surface area contributed by atoms with Crippen molar-refractivity contribution < 1.29 is 9.18 Å². The number of hydrogen-bond acceptors (Lipinski definition) is 2. The van der Waals surface area contributed by atoms with Crippen LogP contribution in [0.3, 0.4) is 0 Å². The van der Waals surface area contributed by atoms with Crippen LogP contribution in [-0.2, 0) is 0 Å². The Morgan fingerprint density at radius 3 is 2.44 bits per heavy atom. The summed E-state index contributed by atoms with van der Waals surface area (Å²) in [5.41, 5.74) is 1.86. The minimum Gasteiger partial charge on any atom is -0.303 e. The third kappa shape index (κ3) is 4.39. The normalized spacial score (nSPS) is 11.8. The van der Waals surface area contributed by atoms with Crippen molar-refractivity contribution in [2.24, 2.45) is 0 Å². The lowest BCUT2D eigenvalue weighted by molar-refractivity contribution is 0.105. The first kappa shape index (κ1) is 17.0. The molecule has 1 aromatic heterocycles. The first-order chi connectivity index (χ1) is 12.1. The van der Waals surface area contributed by atoms with E-state index in [1.807, 2.05) is 30.3 Å². The van der Waals surface area contributed by atoms with Gasteiger partial charge in [0.1, 0.15) is 5.82 Å². The van der Waals surface area contributed by atoms with Crippen molar-refractivity contribution in [3.63, 3.8) is 0 Å². The van der Waals surface area contributed by atoms with Crippen LogP contribution in [0.1, 0.15) is 15.9 Å². The summed E-state index contributed by atoms with van der Waals surface area (Å²) >= 11 is 3.40. The number of ketones is 1. The Morgan fingerprint density at radius 2 is 1.80 bits per heavy atom. The third-order valence-corrected chi connectivity index (χ3v) is 4.06. The molecular formula is C20H14BrFN2O. The van der Waals surface area contributed by atoms with Crippen LogP contribution in [0.2, 0.25) is 0 Å². The lowest BCUT2D eigenvalue weighted by atomic mass is 10.1. The average Bonchev–Trinajstić information content (AvgIpc) is 3.15. The van der Waals surface area contributed by atoms with E-state index in [0.29, 0.717) is 11.3 Å². The minimum absolute atomic E-state index is 0.210. The summed E-state index contributed by atoms with van der Waals surface area (Å²) < 4.78 is 15.7. The maximum atomic E-state index is 13.1. The molecule has 0 N–H and O–H groups in total. The molecule has 0 amide bonds. The maximum absolute atomic E-state index is 13.1. The third-order valence-electron chi connectivity index (χ3n) is 3.53. The second-order valence-corrected chi connectivity index (χ2v) is 6.18. The lowest BCUT2D eigenvalue weighted by Gasteiger charge is -2.07. The molecule has 124 valence electrons. The van der Waals surface area contributed by atoms with E-state index in [9.17, 15) is 9.18 Å². The molecule has 5 heteroatoms. The summed E-state index contributed by atoms with van der Waals surface area (Å²) in [6.45, 7) is 0. The molecule has 0 aliphatic heterocycles. The van der Waals surface area contributed by atoms with Gasteiger partial charge >= 0.3 is 0 Å². The largest absolute Gasteiger partial charge is 0.303 e. The molecule has 0 bridgehead atoms. The van der Waals surface area contributed by atoms with Crippen LogP contribution in [0, 0.1) is 5.82 Å². The van der Waals surface area contributed by atoms with Crippen molar-refractivity contribution in [2.75, 3.05) is 0 Å². The van der Waals surface area contributed by atoms with Crippen LogP contribution in [-0.4, -0.2) is 15.3 Å². The number of carbonyl (C=O) groups is 1. The molecule has 3 rings (SSSR count). The number of Topliss-reactive ketones (excluding diaryl/α,β-unsaturated/α-hetero) is 1. The molecule has 0 atom stereocenters. The van der Waals surface area contributed by atoms with E-state index in [4.69, 9.17) is 0 Å². The summed E-state index contributed by atoms with van der Waals surface area (Å²) in [6.07, 6.45) is 10.3.